The number of hydrogen-bond donors (Lipinski definition) is 0. The van der Waals surface area contributed by atoms with Crippen LogP contribution in [0.4, 0.5) is 0 Å². The predicted molar refractivity (Wildman–Crippen MR) is 54.3 cm³/mol. The van der Waals surface area contributed by atoms with Crippen molar-refractivity contribution in [1.29, 1.82) is 0 Å². The highest BCUT2D eigenvalue weighted by molar-refractivity contribution is 5.75. The van der Waals surface area contributed by atoms with Crippen molar-refractivity contribution in [3.8, 4) is 0 Å². The zero-order valence-corrected chi connectivity index (χ0v) is 8.38. The van der Waals surface area contributed by atoms with Crippen LogP contribution in [0.2, 0.25) is 0 Å². The van der Waals surface area contributed by atoms with E-state index in [1.165, 1.54) is 31.2 Å². The quantitative estimate of drug-likeness (QED) is 0.638. The molecule has 0 radical (unpaired) electrons. The van der Waals surface area contributed by atoms with Gasteiger partial charge in [-0.05, 0) is 24.3 Å². The third-order valence-corrected chi connectivity index (χ3v) is 3.55. The molecule has 1 fully saturated rings. The van der Waals surface area contributed by atoms with Crippen molar-refractivity contribution in [2.45, 2.75) is 38.0 Å². The molecule has 2 nitrogen and oxygen atoms in total. The second kappa shape index (κ2) is 2.66. The van der Waals surface area contributed by atoms with Gasteiger partial charge in [-0.2, -0.15) is 0 Å². The normalized spacial score (nSPS) is 20.6. The molecule has 1 aromatic heterocycles. The van der Waals surface area contributed by atoms with Crippen LogP contribution in [0, 0.1) is 0 Å². The minimum atomic E-state index is 0.315. The maximum absolute atomic E-state index is 5.08. The van der Waals surface area contributed by atoms with E-state index in [0.717, 1.165) is 11.2 Å². The van der Waals surface area contributed by atoms with Crippen molar-refractivity contribution in [2.24, 2.45) is 0 Å². The molecule has 3 rings (SSSR count). The fourth-order valence-electron chi connectivity index (χ4n) is 2.62. The number of para-hydroxylation sites is 1. The lowest BCUT2D eigenvalue weighted by Crippen LogP contribution is -2.17. The van der Waals surface area contributed by atoms with Crippen LogP contribution >= 0.6 is 0 Å². The standard InChI is InChI=1S/C12H14O2/c1-12(7-2-3-8-12)9-5-4-6-10-11(9)14-13-10/h4-6H,2-3,7-8H2,1H3. The summed E-state index contributed by atoms with van der Waals surface area (Å²) in [5, 5.41) is 0. The summed E-state index contributed by atoms with van der Waals surface area (Å²) in [6.07, 6.45) is 5.21. The zero-order valence-electron chi connectivity index (χ0n) is 8.38. The third kappa shape index (κ3) is 0.969. The van der Waals surface area contributed by atoms with Crippen molar-refractivity contribution in [2.75, 3.05) is 0 Å². The van der Waals surface area contributed by atoms with E-state index in [-0.39, 0.29) is 0 Å². The molecule has 14 heavy (non-hydrogen) atoms. The fourth-order valence-corrected chi connectivity index (χ4v) is 2.62. The van der Waals surface area contributed by atoms with E-state index in [0.29, 0.717) is 5.41 Å². The van der Waals surface area contributed by atoms with Gasteiger partial charge in [0.05, 0.1) is 0 Å². The van der Waals surface area contributed by atoms with Gasteiger partial charge in [0.2, 0.25) is 11.2 Å². The topological polar surface area (TPSA) is 26.3 Å². The zero-order chi connectivity index (χ0) is 9.60. The molecule has 0 saturated heterocycles. The molecular formula is C12H14O2. The fraction of sp³-hybridized carbons (Fsp3) is 0.500. The summed E-state index contributed by atoms with van der Waals surface area (Å²) in [7, 11) is 0. The van der Waals surface area contributed by atoms with Crippen molar-refractivity contribution in [1.82, 2.24) is 0 Å². The van der Waals surface area contributed by atoms with E-state index in [4.69, 9.17) is 9.15 Å². The predicted octanol–water partition coefficient (Wildman–Crippen LogP) is 3.86. The maximum atomic E-state index is 5.08. The van der Waals surface area contributed by atoms with Gasteiger partial charge in [0, 0.05) is 5.56 Å². The molecule has 1 saturated carbocycles. The Labute approximate surface area is 82.8 Å². The molecule has 0 amide bonds. The van der Waals surface area contributed by atoms with Crippen LogP contribution in [0.15, 0.2) is 27.4 Å². The van der Waals surface area contributed by atoms with Gasteiger partial charge < -0.3 is 0 Å². The van der Waals surface area contributed by atoms with E-state index in [2.05, 4.69) is 19.1 Å². The smallest absolute Gasteiger partial charge is 0.229 e. The van der Waals surface area contributed by atoms with Crippen molar-refractivity contribution in [3.05, 3.63) is 23.8 Å². The minimum absolute atomic E-state index is 0.315. The minimum Gasteiger partial charge on any atom is -0.286 e. The lowest BCUT2D eigenvalue weighted by atomic mass is 9.80. The van der Waals surface area contributed by atoms with Crippen LogP contribution in [0.25, 0.3) is 11.2 Å². The molecule has 0 N–H and O–H groups in total. The number of benzene rings is 1. The molecule has 1 heterocycles. The molecule has 1 aliphatic carbocycles. The van der Waals surface area contributed by atoms with Gasteiger partial charge in [0.15, 0.2) is 0 Å². The highest BCUT2D eigenvalue weighted by Gasteiger charge is 2.34. The Bertz CT molecular complexity index is 444. The molecule has 2 aromatic rings. The first-order valence-corrected chi connectivity index (χ1v) is 5.28. The van der Waals surface area contributed by atoms with E-state index >= 15 is 0 Å². The van der Waals surface area contributed by atoms with Crippen LogP contribution in [0.3, 0.4) is 0 Å². The molecule has 0 atom stereocenters. The monoisotopic (exact) mass is 190 g/mol. The first-order valence-electron chi connectivity index (χ1n) is 5.28. The Kier molecular flexibility index (Phi) is 1.55. The van der Waals surface area contributed by atoms with Gasteiger partial charge in [-0.3, -0.25) is 9.15 Å². The molecule has 1 aromatic carbocycles. The lowest BCUT2D eigenvalue weighted by molar-refractivity contribution is 0.0570. The Hall–Kier alpha value is -1.18. The van der Waals surface area contributed by atoms with Gasteiger partial charge in [0.1, 0.15) is 0 Å². The second-order valence-corrected chi connectivity index (χ2v) is 4.57. The van der Waals surface area contributed by atoms with Crippen molar-refractivity contribution < 1.29 is 9.15 Å². The number of fused-ring (bicyclic) bond motifs is 1. The first-order chi connectivity index (χ1) is 6.80. The van der Waals surface area contributed by atoms with Gasteiger partial charge in [-0.25, -0.2) is 0 Å². The summed E-state index contributed by atoms with van der Waals surface area (Å²) in [6.45, 7) is 2.33. The Morgan fingerprint density at radius 3 is 2.57 bits per heavy atom. The summed E-state index contributed by atoms with van der Waals surface area (Å²) in [6, 6.07) is 6.19. The molecule has 0 bridgehead atoms. The van der Waals surface area contributed by atoms with Crippen LogP contribution in [-0.2, 0) is 5.41 Å². The summed E-state index contributed by atoms with van der Waals surface area (Å²) in [4.78, 5) is 0. The Morgan fingerprint density at radius 2 is 1.93 bits per heavy atom. The molecule has 0 unspecified atom stereocenters. The highest BCUT2D eigenvalue weighted by atomic mass is 17.0. The van der Waals surface area contributed by atoms with Crippen molar-refractivity contribution >= 4 is 11.2 Å². The maximum Gasteiger partial charge on any atom is 0.229 e. The van der Waals surface area contributed by atoms with Gasteiger partial charge >= 0.3 is 0 Å². The largest absolute Gasteiger partial charge is 0.286 e. The summed E-state index contributed by atoms with van der Waals surface area (Å²) in [5.74, 6) is 0. The molecular weight excluding hydrogens is 176 g/mol. The van der Waals surface area contributed by atoms with Gasteiger partial charge in [-0.15, -0.1) is 0 Å². The summed E-state index contributed by atoms with van der Waals surface area (Å²) < 4.78 is 10.0. The molecule has 2 heteroatoms. The first kappa shape index (κ1) is 8.16. The van der Waals surface area contributed by atoms with E-state index in [1.54, 1.807) is 0 Å². The Morgan fingerprint density at radius 1 is 1.14 bits per heavy atom. The van der Waals surface area contributed by atoms with Crippen LogP contribution in [0.1, 0.15) is 38.2 Å². The molecule has 0 spiro atoms. The van der Waals surface area contributed by atoms with Gasteiger partial charge in [0.25, 0.3) is 0 Å². The van der Waals surface area contributed by atoms with Crippen molar-refractivity contribution in [3.63, 3.8) is 0 Å². The summed E-state index contributed by atoms with van der Waals surface area (Å²) in [5.41, 5.74) is 3.51. The summed E-state index contributed by atoms with van der Waals surface area (Å²) >= 11 is 0. The molecule has 74 valence electrons. The van der Waals surface area contributed by atoms with E-state index in [9.17, 15) is 0 Å². The average Bonchev–Trinajstić information content (AvgIpc) is 2.55. The SMILES string of the molecule is CC1(c2cccc3ooc23)CCCC1. The molecule has 1 aliphatic rings. The third-order valence-electron chi connectivity index (χ3n) is 3.55. The highest BCUT2D eigenvalue weighted by Crippen LogP contribution is 2.43. The van der Waals surface area contributed by atoms with E-state index < -0.39 is 0 Å². The van der Waals surface area contributed by atoms with E-state index in [1.807, 2.05) is 6.07 Å². The average molecular weight is 190 g/mol. The van der Waals surface area contributed by atoms with Gasteiger partial charge in [-0.1, -0.05) is 31.9 Å². The number of hydrogen-bond acceptors (Lipinski definition) is 2. The second-order valence-electron chi connectivity index (χ2n) is 4.57. The number of rotatable bonds is 1. The van der Waals surface area contributed by atoms with Crippen LogP contribution < -0.4 is 0 Å². The molecule has 0 aliphatic heterocycles. The van der Waals surface area contributed by atoms with Crippen LogP contribution in [0.5, 0.6) is 0 Å². The lowest BCUT2D eigenvalue weighted by Gasteiger charge is -2.24. The van der Waals surface area contributed by atoms with Crippen LogP contribution in [-0.4, -0.2) is 0 Å². The Balaban J connectivity index is 2.14.